The van der Waals surface area contributed by atoms with E-state index in [1.165, 1.54) is 0 Å². The first-order valence-electron chi connectivity index (χ1n) is 5.56. The molecule has 0 aliphatic rings. The second-order valence-corrected chi connectivity index (χ2v) is 3.82. The number of rotatable bonds is 9. The van der Waals surface area contributed by atoms with Gasteiger partial charge < -0.3 is 9.84 Å². The van der Waals surface area contributed by atoms with Crippen molar-refractivity contribution in [3.05, 3.63) is 0 Å². The Labute approximate surface area is 92.2 Å². The molecule has 4 nitrogen and oxygen atoms in total. The van der Waals surface area contributed by atoms with Crippen molar-refractivity contribution in [2.24, 2.45) is 0 Å². The first-order chi connectivity index (χ1) is 7.11. The number of aliphatic carboxylic acids is 1. The molecule has 0 radical (unpaired) electrons. The maximum absolute atomic E-state index is 10.7. The average Bonchev–Trinajstić information content (AvgIpc) is 2.21. The van der Waals surface area contributed by atoms with E-state index >= 15 is 0 Å². The van der Waals surface area contributed by atoms with E-state index in [9.17, 15) is 4.79 Å². The van der Waals surface area contributed by atoms with Crippen molar-refractivity contribution in [1.82, 2.24) is 4.90 Å². The topological polar surface area (TPSA) is 49.8 Å². The SMILES string of the molecule is CCC(C)N(CCCCOC)CC(=O)O. The highest BCUT2D eigenvalue weighted by Crippen LogP contribution is 2.05. The molecule has 0 aliphatic carbocycles. The van der Waals surface area contributed by atoms with E-state index in [1.54, 1.807) is 7.11 Å². The van der Waals surface area contributed by atoms with Gasteiger partial charge in [0.2, 0.25) is 0 Å². The summed E-state index contributed by atoms with van der Waals surface area (Å²) in [5.74, 6) is -0.748. The molecule has 0 aliphatic heterocycles. The van der Waals surface area contributed by atoms with Gasteiger partial charge in [-0.05, 0) is 32.7 Å². The van der Waals surface area contributed by atoms with Crippen LogP contribution in [-0.4, -0.2) is 48.8 Å². The summed E-state index contributed by atoms with van der Waals surface area (Å²) in [4.78, 5) is 12.7. The van der Waals surface area contributed by atoms with Gasteiger partial charge in [-0.1, -0.05) is 6.92 Å². The predicted octanol–water partition coefficient (Wildman–Crippen LogP) is 1.60. The minimum absolute atomic E-state index is 0.141. The van der Waals surface area contributed by atoms with Crippen molar-refractivity contribution in [1.29, 1.82) is 0 Å². The number of carbonyl (C=O) groups is 1. The fourth-order valence-corrected chi connectivity index (χ4v) is 1.45. The average molecular weight is 217 g/mol. The van der Waals surface area contributed by atoms with E-state index in [1.807, 2.05) is 4.90 Å². The number of hydrogen-bond acceptors (Lipinski definition) is 3. The van der Waals surface area contributed by atoms with Crippen LogP contribution in [0.15, 0.2) is 0 Å². The molecule has 15 heavy (non-hydrogen) atoms. The Balaban J connectivity index is 3.85. The van der Waals surface area contributed by atoms with Crippen molar-refractivity contribution < 1.29 is 14.6 Å². The maximum Gasteiger partial charge on any atom is 0.317 e. The van der Waals surface area contributed by atoms with Gasteiger partial charge in [0.05, 0.1) is 6.54 Å². The number of ether oxygens (including phenoxy) is 1. The molecule has 0 aromatic rings. The van der Waals surface area contributed by atoms with Crippen LogP contribution in [0.4, 0.5) is 0 Å². The second-order valence-electron chi connectivity index (χ2n) is 3.82. The summed E-state index contributed by atoms with van der Waals surface area (Å²) in [6, 6.07) is 0.337. The zero-order chi connectivity index (χ0) is 11.7. The molecule has 4 heteroatoms. The van der Waals surface area contributed by atoms with Crippen molar-refractivity contribution in [3.63, 3.8) is 0 Å². The van der Waals surface area contributed by atoms with Gasteiger partial charge in [-0.2, -0.15) is 0 Å². The van der Waals surface area contributed by atoms with Gasteiger partial charge in [-0.15, -0.1) is 0 Å². The van der Waals surface area contributed by atoms with E-state index in [0.717, 1.165) is 32.4 Å². The summed E-state index contributed by atoms with van der Waals surface area (Å²) in [6.45, 7) is 5.88. The van der Waals surface area contributed by atoms with Gasteiger partial charge >= 0.3 is 5.97 Å². The van der Waals surface area contributed by atoms with Crippen LogP contribution in [0.1, 0.15) is 33.1 Å². The summed E-state index contributed by atoms with van der Waals surface area (Å²) in [5, 5.41) is 8.76. The first kappa shape index (κ1) is 14.4. The summed E-state index contributed by atoms with van der Waals surface area (Å²) in [6.07, 6.45) is 2.96. The van der Waals surface area contributed by atoms with Crippen LogP contribution in [0.5, 0.6) is 0 Å². The van der Waals surface area contributed by atoms with Crippen LogP contribution in [-0.2, 0) is 9.53 Å². The molecule has 0 aromatic heterocycles. The third-order valence-corrected chi connectivity index (χ3v) is 2.60. The third-order valence-electron chi connectivity index (χ3n) is 2.60. The summed E-state index contributed by atoms with van der Waals surface area (Å²) in [5.41, 5.74) is 0. The lowest BCUT2D eigenvalue weighted by Crippen LogP contribution is -2.37. The lowest BCUT2D eigenvalue weighted by atomic mass is 10.2. The highest BCUT2D eigenvalue weighted by molar-refractivity contribution is 5.69. The molecule has 0 bridgehead atoms. The Hall–Kier alpha value is -0.610. The Morgan fingerprint density at radius 2 is 2.13 bits per heavy atom. The maximum atomic E-state index is 10.7. The van der Waals surface area contributed by atoms with Gasteiger partial charge in [0, 0.05) is 19.8 Å². The van der Waals surface area contributed by atoms with Gasteiger partial charge in [0.25, 0.3) is 0 Å². The first-order valence-corrected chi connectivity index (χ1v) is 5.56. The summed E-state index contributed by atoms with van der Waals surface area (Å²) in [7, 11) is 1.68. The molecule has 1 N–H and O–H groups in total. The van der Waals surface area contributed by atoms with Crippen molar-refractivity contribution in [2.75, 3.05) is 26.8 Å². The highest BCUT2D eigenvalue weighted by atomic mass is 16.5. The lowest BCUT2D eigenvalue weighted by Gasteiger charge is -2.26. The molecular weight excluding hydrogens is 194 g/mol. The molecule has 90 valence electrons. The zero-order valence-corrected chi connectivity index (χ0v) is 10.0. The van der Waals surface area contributed by atoms with Crippen LogP contribution < -0.4 is 0 Å². The Morgan fingerprint density at radius 3 is 2.60 bits per heavy atom. The van der Waals surface area contributed by atoms with E-state index in [-0.39, 0.29) is 6.54 Å². The minimum Gasteiger partial charge on any atom is -0.480 e. The molecule has 0 spiro atoms. The Bertz CT molecular complexity index is 173. The van der Waals surface area contributed by atoms with E-state index < -0.39 is 5.97 Å². The summed E-state index contributed by atoms with van der Waals surface area (Å²) < 4.78 is 4.96. The van der Waals surface area contributed by atoms with Gasteiger partial charge in [-0.3, -0.25) is 9.69 Å². The number of nitrogens with zero attached hydrogens (tertiary/aromatic N) is 1. The third kappa shape index (κ3) is 7.33. The Kier molecular flexibility index (Phi) is 8.33. The van der Waals surface area contributed by atoms with Gasteiger partial charge in [0.1, 0.15) is 0 Å². The molecular formula is C11H23NO3. The van der Waals surface area contributed by atoms with Crippen LogP contribution in [0.3, 0.4) is 0 Å². The van der Waals surface area contributed by atoms with Crippen LogP contribution in [0, 0.1) is 0 Å². The molecule has 0 rings (SSSR count). The Morgan fingerprint density at radius 1 is 1.47 bits per heavy atom. The molecule has 0 fully saturated rings. The molecule has 0 aromatic carbocycles. The number of carboxylic acids is 1. The fraction of sp³-hybridized carbons (Fsp3) is 0.909. The molecule has 1 atom stereocenters. The number of methoxy groups -OCH3 is 1. The standard InChI is InChI=1S/C11H23NO3/c1-4-10(2)12(9-11(13)14)7-5-6-8-15-3/h10H,4-9H2,1-3H3,(H,13,14). The van der Waals surface area contributed by atoms with Gasteiger partial charge in [-0.25, -0.2) is 0 Å². The van der Waals surface area contributed by atoms with Crippen molar-refractivity contribution in [2.45, 2.75) is 39.2 Å². The van der Waals surface area contributed by atoms with Crippen LogP contribution >= 0.6 is 0 Å². The van der Waals surface area contributed by atoms with E-state index in [4.69, 9.17) is 9.84 Å². The fourth-order valence-electron chi connectivity index (χ4n) is 1.45. The number of unbranched alkanes of at least 4 members (excludes halogenated alkanes) is 1. The molecule has 0 amide bonds. The molecule has 0 saturated heterocycles. The minimum atomic E-state index is -0.748. The van der Waals surface area contributed by atoms with E-state index in [0.29, 0.717) is 6.04 Å². The number of carboxylic acid groups (broad SMARTS) is 1. The quantitative estimate of drug-likeness (QED) is 0.596. The summed E-state index contributed by atoms with van der Waals surface area (Å²) >= 11 is 0. The smallest absolute Gasteiger partial charge is 0.317 e. The monoisotopic (exact) mass is 217 g/mol. The molecule has 1 unspecified atom stereocenters. The second kappa shape index (κ2) is 8.68. The normalized spacial score (nSPS) is 13.1. The van der Waals surface area contributed by atoms with E-state index in [2.05, 4.69) is 13.8 Å². The van der Waals surface area contributed by atoms with Crippen molar-refractivity contribution in [3.8, 4) is 0 Å². The predicted molar refractivity (Wildman–Crippen MR) is 60.1 cm³/mol. The molecule has 0 saturated carbocycles. The van der Waals surface area contributed by atoms with Gasteiger partial charge in [0.15, 0.2) is 0 Å². The van der Waals surface area contributed by atoms with Crippen LogP contribution in [0.2, 0.25) is 0 Å². The van der Waals surface area contributed by atoms with Crippen LogP contribution in [0.25, 0.3) is 0 Å². The number of hydrogen-bond donors (Lipinski definition) is 1. The molecule has 0 heterocycles. The highest BCUT2D eigenvalue weighted by Gasteiger charge is 2.14. The lowest BCUT2D eigenvalue weighted by molar-refractivity contribution is -0.138. The largest absolute Gasteiger partial charge is 0.480 e. The zero-order valence-electron chi connectivity index (χ0n) is 10.0. The van der Waals surface area contributed by atoms with Crippen molar-refractivity contribution >= 4 is 5.97 Å².